The highest BCUT2D eigenvalue weighted by molar-refractivity contribution is 6.00. The Morgan fingerprint density at radius 2 is 2.00 bits per heavy atom. The molecule has 1 nitrogen and oxygen atoms in total. The Hall–Kier alpha value is -0.590. The van der Waals surface area contributed by atoms with E-state index in [4.69, 9.17) is 0 Å². The van der Waals surface area contributed by atoms with Crippen molar-refractivity contribution in [1.82, 2.24) is 0 Å². The van der Waals surface area contributed by atoms with Crippen LogP contribution in [0.5, 0.6) is 0 Å². The molecule has 2 aliphatic carbocycles. The Balaban J connectivity index is 2.27. The Morgan fingerprint density at radius 1 is 1.27 bits per heavy atom. The van der Waals surface area contributed by atoms with Crippen molar-refractivity contribution in [3.8, 4) is 0 Å². The number of hydrogen-bond donors (Lipinski definition) is 0. The van der Waals surface area contributed by atoms with Crippen LogP contribution in [0.4, 0.5) is 0 Å². The molecule has 0 aromatic rings. The molecule has 0 saturated heterocycles. The second-order valence-electron chi connectivity index (χ2n) is 3.76. The second kappa shape index (κ2) is 2.47. The van der Waals surface area contributed by atoms with Crippen LogP contribution >= 0.6 is 0 Å². The van der Waals surface area contributed by atoms with Gasteiger partial charge >= 0.3 is 0 Å². The van der Waals surface area contributed by atoms with Crippen LogP contribution < -0.4 is 0 Å². The average molecular weight is 150 g/mol. The van der Waals surface area contributed by atoms with Gasteiger partial charge in [0.05, 0.1) is 0 Å². The van der Waals surface area contributed by atoms with Gasteiger partial charge in [-0.15, -0.1) is 0 Å². The normalized spacial score (nSPS) is 31.0. The van der Waals surface area contributed by atoms with Crippen molar-refractivity contribution < 1.29 is 4.79 Å². The third-order valence-corrected chi connectivity index (χ3v) is 2.88. The van der Waals surface area contributed by atoms with Gasteiger partial charge in [-0.05, 0) is 37.7 Å². The van der Waals surface area contributed by atoms with Gasteiger partial charge in [-0.25, -0.2) is 0 Å². The fraction of sp³-hybridized carbons (Fsp3) is 0.700. The maximum Gasteiger partial charge on any atom is 0.161 e. The van der Waals surface area contributed by atoms with Crippen molar-refractivity contribution in [3.05, 3.63) is 11.1 Å². The third kappa shape index (κ3) is 1.03. The summed E-state index contributed by atoms with van der Waals surface area (Å²) >= 11 is 0. The fourth-order valence-corrected chi connectivity index (χ4v) is 2.25. The first kappa shape index (κ1) is 7.08. The molecule has 2 rings (SSSR count). The summed E-state index contributed by atoms with van der Waals surface area (Å²) in [6, 6.07) is 0. The molecule has 11 heavy (non-hydrogen) atoms. The lowest BCUT2D eigenvalue weighted by atomic mass is 9.94. The number of hydrogen-bond acceptors (Lipinski definition) is 1. The molecule has 60 valence electrons. The molecule has 2 aliphatic rings. The van der Waals surface area contributed by atoms with Crippen LogP contribution in [-0.2, 0) is 4.79 Å². The zero-order valence-corrected chi connectivity index (χ0v) is 7.02. The van der Waals surface area contributed by atoms with Gasteiger partial charge in [0.2, 0.25) is 0 Å². The molecule has 0 aromatic carbocycles. The molecule has 0 spiro atoms. The SMILES string of the molecule is C[C@H]1CC2=C(CCCC2)C1=O. The number of allylic oxidation sites excluding steroid dienone is 2. The topological polar surface area (TPSA) is 17.1 Å². The van der Waals surface area contributed by atoms with Crippen LogP contribution in [0.2, 0.25) is 0 Å². The number of carbonyl (C=O) groups is 1. The summed E-state index contributed by atoms with van der Waals surface area (Å²) in [5.41, 5.74) is 2.68. The summed E-state index contributed by atoms with van der Waals surface area (Å²) < 4.78 is 0. The van der Waals surface area contributed by atoms with Crippen molar-refractivity contribution >= 4 is 5.78 Å². The Labute approximate surface area is 67.5 Å². The monoisotopic (exact) mass is 150 g/mol. The Bertz CT molecular complexity index is 225. The van der Waals surface area contributed by atoms with Gasteiger partial charge in [-0.3, -0.25) is 4.79 Å². The largest absolute Gasteiger partial charge is 0.294 e. The first-order valence-corrected chi connectivity index (χ1v) is 4.54. The van der Waals surface area contributed by atoms with Crippen LogP contribution in [0.15, 0.2) is 11.1 Å². The van der Waals surface area contributed by atoms with E-state index in [1.165, 1.54) is 30.4 Å². The highest BCUT2D eigenvalue weighted by Crippen LogP contribution is 2.37. The maximum atomic E-state index is 11.5. The van der Waals surface area contributed by atoms with Gasteiger partial charge < -0.3 is 0 Å². The van der Waals surface area contributed by atoms with Crippen molar-refractivity contribution in [2.24, 2.45) is 5.92 Å². The number of ketones is 1. The van der Waals surface area contributed by atoms with Gasteiger partial charge in [0.25, 0.3) is 0 Å². The van der Waals surface area contributed by atoms with E-state index in [1.807, 2.05) is 0 Å². The van der Waals surface area contributed by atoms with Gasteiger partial charge in [0.15, 0.2) is 5.78 Å². The van der Waals surface area contributed by atoms with Crippen molar-refractivity contribution in [2.75, 3.05) is 0 Å². The number of rotatable bonds is 0. The van der Waals surface area contributed by atoms with E-state index < -0.39 is 0 Å². The van der Waals surface area contributed by atoms with E-state index in [0.29, 0.717) is 11.7 Å². The smallest absolute Gasteiger partial charge is 0.161 e. The summed E-state index contributed by atoms with van der Waals surface area (Å²) in [5.74, 6) is 0.748. The molecule has 0 fully saturated rings. The molecule has 0 amide bonds. The van der Waals surface area contributed by atoms with E-state index in [0.717, 1.165) is 12.8 Å². The Morgan fingerprint density at radius 3 is 2.73 bits per heavy atom. The van der Waals surface area contributed by atoms with Gasteiger partial charge in [0.1, 0.15) is 0 Å². The minimum Gasteiger partial charge on any atom is -0.294 e. The molecule has 0 aromatic heterocycles. The average Bonchev–Trinajstić information content (AvgIpc) is 2.30. The highest BCUT2D eigenvalue weighted by Gasteiger charge is 2.30. The van der Waals surface area contributed by atoms with Gasteiger partial charge in [-0.1, -0.05) is 12.5 Å². The lowest BCUT2D eigenvalue weighted by Crippen LogP contribution is -2.06. The Kier molecular flexibility index (Phi) is 1.59. The van der Waals surface area contributed by atoms with E-state index >= 15 is 0 Å². The molecule has 1 atom stereocenters. The van der Waals surface area contributed by atoms with Crippen molar-refractivity contribution in [2.45, 2.75) is 39.0 Å². The van der Waals surface area contributed by atoms with E-state index in [9.17, 15) is 4.79 Å². The van der Waals surface area contributed by atoms with Gasteiger partial charge in [0, 0.05) is 5.92 Å². The van der Waals surface area contributed by atoms with Crippen LogP contribution in [-0.4, -0.2) is 5.78 Å². The zero-order valence-electron chi connectivity index (χ0n) is 7.02. The van der Waals surface area contributed by atoms with E-state index in [1.54, 1.807) is 0 Å². The second-order valence-corrected chi connectivity index (χ2v) is 3.76. The standard InChI is InChI=1S/C10H14O/c1-7-6-8-4-2-3-5-9(8)10(7)11/h7H,2-6H2,1H3/t7-/m0/s1. The lowest BCUT2D eigenvalue weighted by Gasteiger charge is -2.11. The molecule has 0 aliphatic heterocycles. The lowest BCUT2D eigenvalue weighted by molar-refractivity contribution is -0.118. The minimum atomic E-state index is 0.304. The number of carbonyl (C=O) groups excluding carboxylic acids is 1. The van der Waals surface area contributed by atoms with E-state index in [-0.39, 0.29) is 0 Å². The first-order valence-electron chi connectivity index (χ1n) is 4.54. The molecule has 0 unspecified atom stereocenters. The molecule has 0 N–H and O–H groups in total. The molecular weight excluding hydrogens is 136 g/mol. The van der Waals surface area contributed by atoms with E-state index in [2.05, 4.69) is 6.92 Å². The fourth-order valence-electron chi connectivity index (χ4n) is 2.25. The van der Waals surface area contributed by atoms with Crippen molar-refractivity contribution in [3.63, 3.8) is 0 Å². The zero-order chi connectivity index (χ0) is 7.84. The van der Waals surface area contributed by atoms with Crippen LogP contribution in [0, 0.1) is 5.92 Å². The highest BCUT2D eigenvalue weighted by atomic mass is 16.1. The van der Waals surface area contributed by atoms with Gasteiger partial charge in [-0.2, -0.15) is 0 Å². The molecule has 0 saturated carbocycles. The summed E-state index contributed by atoms with van der Waals surface area (Å²) in [5, 5.41) is 0. The third-order valence-electron chi connectivity index (χ3n) is 2.88. The number of Topliss-reactive ketones (excluding diaryl/α,β-unsaturated/α-hetero) is 1. The summed E-state index contributed by atoms with van der Waals surface area (Å²) in [7, 11) is 0. The predicted molar refractivity (Wildman–Crippen MR) is 44.3 cm³/mol. The minimum absolute atomic E-state index is 0.304. The molecular formula is C10H14O. The summed E-state index contributed by atoms with van der Waals surface area (Å²) in [6.45, 7) is 2.06. The maximum absolute atomic E-state index is 11.5. The van der Waals surface area contributed by atoms with Crippen LogP contribution in [0.3, 0.4) is 0 Å². The predicted octanol–water partition coefficient (Wildman–Crippen LogP) is 2.47. The molecule has 0 heterocycles. The van der Waals surface area contributed by atoms with Crippen molar-refractivity contribution in [1.29, 1.82) is 0 Å². The molecule has 0 bridgehead atoms. The summed E-state index contributed by atoms with van der Waals surface area (Å²) in [4.78, 5) is 11.5. The first-order chi connectivity index (χ1) is 5.29. The molecule has 1 heteroatoms. The van der Waals surface area contributed by atoms with Crippen LogP contribution in [0.25, 0.3) is 0 Å². The molecule has 0 radical (unpaired) electrons. The van der Waals surface area contributed by atoms with Crippen LogP contribution in [0.1, 0.15) is 39.0 Å². The quantitative estimate of drug-likeness (QED) is 0.518. The summed E-state index contributed by atoms with van der Waals surface area (Å²) in [6.07, 6.45) is 5.87.